The van der Waals surface area contributed by atoms with Crippen LogP contribution in [-0.4, -0.2) is 17.5 Å². The Morgan fingerprint density at radius 1 is 1.67 bits per heavy atom. The number of carbonyl (C=O) groups is 1. The van der Waals surface area contributed by atoms with Crippen molar-refractivity contribution in [3.63, 3.8) is 0 Å². The minimum absolute atomic E-state index is 0.0217. The largest absolute Gasteiger partial charge is 0.395 e. The van der Waals surface area contributed by atoms with Gasteiger partial charge in [-0.25, -0.2) is 0 Å². The van der Waals surface area contributed by atoms with Gasteiger partial charge in [0.05, 0.1) is 12.0 Å². The Kier molecular flexibility index (Phi) is 1.62. The number of Topliss-reactive ketones (excluding diaryl/α,β-unsaturated/α-hetero) is 1. The van der Waals surface area contributed by atoms with Crippen molar-refractivity contribution in [3.05, 3.63) is 12.2 Å². The zero-order valence-corrected chi connectivity index (χ0v) is 7.29. The number of rotatable bonds is 2. The first-order chi connectivity index (χ1) is 5.69. The third kappa shape index (κ3) is 0.816. The lowest BCUT2D eigenvalue weighted by atomic mass is 9.73. The summed E-state index contributed by atoms with van der Waals surface area (Å²) in [5.74, 6) is 1.01. The Labute approximate surface area is 72.3 Å². The summed E-state index contributed by atoms with van der Waals surface area (Å²) >= 11 is 0. The highest BCUT2D eigenvalue weighted by atomic mass is 16.3. The van der Waals surface area contributed by atoms with Gasteiger partial charge in [0.2, 0.25) is 0 Å². The Bertz CT molecular complexity index is 244. The average molecular weight is 166 g/mol. The molecule has 0 unspecified atom stereocenters. The molecule has 3 atom stereocenters. The predicted octanol–water partition coefficient (Wildman–Crippen LogP) is 1.15. The average Bonchev–Trinajstić information content (AvgIpc) is 2.62. The first-order valence-electron chi connectivity index (χ1n) is 4.49. The van der Waals surface area contributed by atoms with Gasteiger partial charge in [-0.3, -0.25) is 4.79 Å². The Hall–Kier alpha value is -0.630. The second kappa shape index (κ2) is 2.43. The lowest BCUT2D eigenvalue weighted by Gasteiger charge is -2.30. The maximum absolute atomic E-state index is 11.4. The van der Waals surface area contributed by atoms with Crippen molar-refractivity contribution in [2.75, 3.05) is 6.61 Å². The van der Waals surface area contributed by atoms with Crippen LogP contribution in [0.3, 0.4) is 0 Å². The number of aliphatic hydroxyl groups excluding tert-OH is 1. The van der Waals surface area contributed by atoms with Gasteiger partial charge in [0, 0.05) is 0 Å². The Morgan fingerprint density at radius 2 is 2.42 bits per heavy atom. The van der Waals surface area contributed by atoms with Crippen LogP contribution in [0.25, 0.3) is 0 Å². The summed E-state index contributed by atoms with van der Waals surface area (Å²) < 4.78 is 0. The maximum atomic E-state index is 11.4. The molecule has 2 heteroatoms. The first-order valence-corrected chi connectivity index (χ1v) is 4.49. The molecule has 1 fully saturated rings. The Morgan fingerprint density at radius 3 is 2.67 bits per heavy atom. The van der Waals surface area contributed by atoms with Crippen molar-refractivity contribution < 1.29 is 9.90 Å². The number of carbonyl (C=O) groups excluding carboxylic acids is 1. The fourth-order valence-corrected chi connectivity index (χ4v) is 2.65. The molecule has 0 aromatic carbocycles. The van der Waals surface area contributed by atoms with Crippen molar-refractivity contribution in [3.8, 4) is 0 Å². The van der Waals surface area contributed by atoms with E-state index in [1.807, 2.05) is 0 Å². The van der Waals surface area contributed by atoms with E-state index in [4.69, 9.17) is 0 Å². The summed E-state index contributed by atoms with van der Waals surface area (Å²) in [6.07, 6.45) is 6.22. The molecule has 0 aliphatic heterocycles. The fourth-order valence-electron chi connectivity index (χ4n) is 2.65. The van der Waals surface area contributed by atoms with Crippen molar-refractivity contribution in [1.82, 2.24) is 0 Å². The van der Waals surface area contributed by atoms with Gasteiger partial charge in [-0.2, -0.15) is 0 Å². The monoisotopic (exact) mass is 166 g/mol. The molecule has 1 saturated carbocycles. The van der Waals surface area contributed by atoms with Gasteiger partial charge < -0.3 is 5.11 Å². The zero-order valence-electron chi connectivity index (χ0n) is 7.29. The van der Waals surface area contributed by atoms with Crippen LogP contribution in [-0.2, 0) is 4.79 Å². The summed E-state index contributed by atoms with van der Waals surface area (Å²) in [5.41, 5.74) is -0.417. The van der Waals surface area contributed by atoms with Crippen LogP contribution in [0.2, 0.25) is 0 Å². The van der Waals surface area contributed by atoms with Crippen molar-refractivity contribution in [2.24, 2.45) is 17.3 Å². The molecular formula is C10H14O2. The van der Waals surface area contributed by atoms with E-state index in [9.17, 15) is 9.90 Å². The second-order valence-corrected chi connectivity index (χ2v) is 4.06. The summed E-state index contributed by atoms with van der Waals surface area (Å²) in [7, 11) is 0. The number of ketones is 1. The van der Waals surface area contributed by atoms with E-state index in [-0.39, 0.29) is 12.4 Å². The summed E-state index contributed by atoms with van der Waals surface area (Å²) in [6.45, 7) is 1.62. The standard InChI is InChI=1S/C10H14O2/c1-7(12)10(6-11)5-8-2-3-9(10)4-8/h2-3,8-9,11H,4-6H2,1H3/t8-,9-,10-/m0/s1. The Balaban J connectivity index is 2.31. The fraction of sp³-hybridized carbons (Fsp3) is 0.700. The van der Waals surface area contributed by atoms with Gasteiger partial charge in [0.15, 0.2) is 0 Å². The van der Waals surface area contributed by atoms with Crippen LogP contribution < -0.4 is 0 Å². The highest BCUT2D eigenvalue weighted by Gasteiger charge is 2.50. The predicted molar refractivity (Wildman–Crippen MR) is 45.6 cm³/mol. The molecule has 0 heterocycles. The molecule has 0 saturated heterocycles. The molecule has 2 bridgehead atoms. The van der Waals surface area contributed by atoms with E-state index in [2.05, 4.69) is 12.2 Å². The lowest BCUT2D eigenvalue weighted by Crippen LogP contribution is -2.37. The van der Waals surface area contributed by atoms with Crippen molar-refractivity contribution in [2.45, 2.75) is 19.8 Å². The first kappa shape index (κ1) is 7.99. The molecule has 0 amide bonds. The molecule has 2 aliphatic rings. The molecule has 2 aliphatic carbocycles. The van der Waals surface area contributed by atoms with Gasteiger partial charge >= 0.3 is 0 Å². The van der Waals surface area contributed by atoms with Crippen LogP contribution in [0.5, 0.6) is 0 Å². The molecule has 66 valence electrons. The number of aliphatic hydroxyl groups is 1. The number of hydrogen-bond acceptors (Lipinski definition) is 2. The van der Waals surface area contributed by atoms with E-state index in [1.54, 1.807) is 6.92 Å². The van der Waals surface area contributed by atoms with Gasteiger partial charge in [-0.05, 0) is 31.6 Å². The quantitative estimate of drug-likeness (QED) is 0.625. The molecule has 12 heavy (non-hydrogen) atoms. The van der Waals surface area contributed by atoms with E-state index < -0.39 is 5.41 Å². The topological polar surface area (TPSA) is 37.3 Å². The molecule has 1 N–H and O–H groups in total. The molecule has 0 spiro atoms. The third-order valence-corrected chi connectivity index (χ3v) is 3.49. The van der Waals surface area contributed by atoms with Gasteiger partial charge in [-0.1, -0.05) is 12.2 Å². The molecular weight excluding hydrogens is 152 g/mol. The third-order valence-electron chi connectivity index (χ3n) is 3.49. The smallest absolute Gasteiger partial charge is 0.138 e. The SMILES string of the molecule is CC(=O)[C@@]1(CO)C[C@H]2C=C[C@H]1C2. The normalized spacial score (nSPS) is 43.8. The highest BCUT2D eigenvalue weighted by Crippen LogP contribution is 2.52. The van der Waals surface area contributed by atoms with E-state index in [1.165, 1.54) is 0 Å². The maximum Gasteiger partial charge on any atom is 0.138 e. The van der Waals surface area contributed by atoms with Crippen molar-refractivity contribution >= 4 is 5.78 Å². The van der Waals surface area contributed by atoms with Gasteiger partial charge in [0.1, 0.15) is 5.78 Å². The van der Waals surface area contributed by atoms with E-state index >= 15 is 0 Å². The summed E-state index contributed by atoms with van der Waals surface area (Å²) in [5, 5.41) is 9.25. The molecule has 2 nitrogen and oxygen atoms in total. The molecule has 0 aromatic heterocycles. The van der Waals surface area contributed by atoms with E-state index in [0.29, 0.717) is 11.8 Å². The highest BCUT2D eigenvalue weighted by molar-refractivity contribution is 5.84. The summed E-state index contributed by atoms with van der Waals surface area (Å²) in [6, 6.07) is 0. The number of fused-ring (bicyclic) bond motifs is 2. The van der Waals surface area contributed by atoms with Gasteiger partial charge in [-0.15, -0.1) is 0 Å². The second-order valence-electron chi connectivity index (χ2n) is 4.06. The van der Waals surface area contributed by atoms with Crippen LogP contribution in [0.4, 0.5) is 0 Å². The summed E-state index contributed by atoms with van der Waals surface area (Å²) in [4.78, 5) is 11.4. The minimum Gasteiger partial charge on any atom is -0.395 e. The van der Waals surface area contributed by atoms with Gasteiger partial charge in [0.25, 0.3) is 0 Å². The number of allylic oxidation sites excluding steroid dienone is 2. The van der Waals surface area contributed by atoms with Crippen LogP contribution >= 0.6 is 0 Å². The molecule has 2 rings (SSSR count). The van der Waals surface area contributed by atoms with E-state index in [0.717, 1.165) is 12.8 Å². The van der Waals surface area contributed by atoms with Crippen LogP contribution in [0, 0.1) is 17.3 Å². The van der Waals surface area contributed by atoms with Crippen LogP contribution in [0.1, 0.15) is 19.8 Å². The lowest BCUT2D eigenvalue weighted by molar-refractivity contribution is -0.130. The van der Waals surface area contributed by atoms with Crippen molar-refractivity contribution in [1.29, 1.82) is 0 Å². The molecule has 0 radical (unpaired) electrons. The van der Waals surface area contributed by atoms with Crippen LogP contribution in [0.15, 0.2) is 12.2 Å². The molecule has 0 aromatic rings. The zero-order chi connectivity index (χ0) is 8.77. The number of hydrogen-bond donors (Lipinski definition) is 1. The minimum atomic E-state index is -0.417.